The van der Waals surface area contributed by atoms with E-state index in [0.29, 0.717) is 12.5 Å². The van der Waals surface area contributed by atoms with Crippen molar-refractivity contribution in [2.75, 3.05) is 6.61 Å². The Morgan fingerprint density at radius 2 is 1.88 bits per heavy atom. The van der Waals surface area contributed by atoms with Crippen molar-refractivity contribution in [2.45, 2.75) is 53.4 Å². The van der Waals surface area contributed by atoms with Crippen LogP contribution in [0.2, 0.25) is 0 Å². The highest BCUT2D eigenvalue weighted by Gasteiger charge is 2.09. The average Bonchev–Trinajstić information content (AvgIpc) is 2.16. The maximum atomic E-state index is 11.2. The van der Waals surface area contributed by atoms with E-state index < -0.39 is 0 Å². The van der Waals surface area contributed by atoms with Crippen LogP contribution in [0.5, 0.6) is 0 Å². The van der Waals surface area contributed by atoms with Gasteiger partial charge in [0.1, 0.15) is 0 Å². The Bertz CT molecular complexity index is 219. The molecular weight excluding hydrogens is 200 g/mol. The quantitative estimate of drug-likeness (QED) is 0.462. The fraction of sp³-hybridized carbons (Fsp3) is 0.786. The topological polar surface area (TPSA) is 26.3 Å². The van der Waals surface area contributed by atoms with E-state index in [1.54, 1.807) is 0 Å². The van der Waals surface area contributed by atoms with Crippen LogP contribution in [0.15, 0.2) is 12.2 Å². The lowest BCUT2D eigenvalue weighted by molar-refractivity contribution is -0.147. The normalized spacial score (nSPS) is 12.6. The largest absolute Gasteiger partial charge is 0.465 e. The average molecular weight is 226 g/mol. The van der Waals surface area contributed by atoms with Crippen LogP contribution >= 0.6 is 0 Å². The number of hydrogen-bond donors (Lipinski definition) is 0. The molecule has 94 valence electrons. The summed E-state index contributed by atoms with van der Waals surface area (Å²) in [4.78, 5) is 11.2. The molecule has 2 heteroatoms. The molecule has 0 aliphatic heterocycles. The molecule has 0 aliphatic rings. The number of carbonyl (C=O) groups excluding carboxylic acids is 1. The second-order valence-electron chi connectivity index (χ2n) is 5.07. The lowest BCUT2D eigenvalue weighted by Crippen LogP contribution is -2.13. The maximum Gasteiger partial charge on any atom is 0.308 e. The van der Waals surface area contributed by atoms with Gasteiger partial charge in [-0.25, -0.2) is 0 Å². The van der Waals surface area contributed by atoms with Crippen LogP contribution < -0.4 is 0 Å². The van der Waals surface area contributed by atoms with Crippen molar-refractivity contribution in [3.05, 3.63) is 12.2 Å². The van der Waals surface area contributed by atoms with E-state index in [0.717, 1.165) is 12.8 Å². The summed E-state index contributed by atoms with van der Waals surface area (Å²) in [6.07, 6.45) is 4.45. The Balaban J connectivity index is 3.47. The molecule has 16 heavy (non-hydrogen) atoms. The molecule has 0 aromatic carbocycles. The molecule has 2 nitrogen and oxygen atoms in total. The molecule has 0 heterocycles. The van der Waals surface area contributed by atoms with Gasteiger partial charge in [-0.15, -0.1) is 6.58 Å². The molecule has 0 aromatic heterocycles. The van der Waals surface area contributed by atoms with Crippen LogP contribution in [-0.2, 0) is 9.53 Å². The Morgan fingerprint density at radius 3 is 2.38 bits per heavy atom. The number of allylic oxidation sites excluding steroid dienone is 1. The first-order valence-electron chi connectivity index (χ1n) is 6.24. The van der Waals surface area contributed by atoms with E-state index in [1.165, 1.54) is 18.4 Å². The molecule has 0 fully saturated rings. The number of ether oxygens (including phenoxy) is 1. The van der Waals surface area contributed by atoms with Crippen LogP contribution in [0.3, 0.4) is 0 Å². The molecule has 0 saturated carbocycles. The van der Waals surface area contributed by atoms with Crippen molar-refractivity contribution in [3.8, 4) is 0 Å². The number of carbonyl (C=O) groups is 1. The van der Waals surface area contributed by atoms with Crippen molar-refractivity contribution in [2.24, 2.45) is 11.8 Å². The zero-order valence-electron chi connectivity index (χ0n) is 11.2. The predicted octanol–water partition coefficient (Wildman–Crippen LogP) is 3.96. The molecule has 0 bridgehead atoms. The SMILES string of the molecule is C=C(C)CCC[C@H](C)CCOC(=O)C(C)C. The highest BCUT2D eigenvalue weighted by Crippen LogP contribution is 2.14. The maximum absolute atomic E-state index is 11.2. The molecule has 0 unspecified atom stereocenters. The summed E-state index contributed by atoms with van der Waals surface area (Å²) in [6, 6.07) is 0. The minimum Gasteiger partial charge on any atom is -0.465 e. The lowest BCUT2D eigenvalue weighted by atomic mass is 9.99. The Hall–Kier alpha value is -0.790. The second kappa shape index (κ2) is 8.37. The van der Waals surface area contributed by atoms with Crippen molar-refractivity contribution in [3.63, 3.8) is 0 Å². The molecule has 0 amide bonds. The lowest BCUT2D eigenvalue weighted by Gasteiger charge is -2.12. The van der Waals surface area contributed by atoms with Crippen molar-refractivity contribution in [1.82, 2.24) is 0 Å². The summed E-state index contributed by atoms with van der Waals surface area (Å²) in [5.41, 5.74) is 1.25. The van der Waals surface area contributed by atoms with Crippen LogP contribution in [-0.4, -0.2) is 12.6 Å². The van der Waals surface area contributed by atoms with Gasteiger partial charge >= 0.3 is 5.97 Å². The molecular formula is C14H26O2. The third-order valence-electron chi connectivity index (χ3n) is 2.63. The van der Waals surface area contributed by atoms with Crippen molar-refractivity contribution >= 4 is 5.97 Å². The molecule has 0 N–H and O–H groups in total. The minimum absolute atomic E-state index is 0.0151. The van der Waals surface area contributed by atoms with Gasteiger partial charge in [0.05, 0.1) is 12.5 Å². The fourth-order valence-corrected chi connectivity index (χ4v) is 1.42. The standard InChI is InChI=1S/C14H26O2/c1-11(2)7-6-8-13(5)9-10-16-14(15)12(3)4/h12-13H,1,6-10H2,2-5H3/t13-/m0/s1. The van der Waals surface area contributed by atoms with Gasteiger partial charge < -0.3 is 4.74 Å². The molecule has 1 atom stereocenters. The first-order valence-corrected chi connectivity index (χ1v) is 6.24. The summed E-state index contributed by atoms with van der Waals surface area (Å²) in [6.45, 7) is 12.4. The van der Waals surface area contributed by atoms with Crippen LogP contribution in [0.1, 0.15) is 53.4 Å². The van der Waals surface area contributed by atoms with Gasteiger partial charge in [-0.3, -0.25) is 4.79 Å². The van der Waals surface area contributed by atoms with Gasteiger partial charge in [0.15, 0.2) is 0 Å². The first kappa shape index (κ1) is 15.2. The smallest absolute Gasteiger partial charge is 0.308 e. The van der Waals surface area contributed by atoms with Crippen LogP contribution in [0.25, 0.3) is 0 Å². The molecule has 0 aromatic rings. The molecule has 0 rings (SSSR count). The highest BCUT2D eigenvalue weighted by atomic mass is 16.5. The van der Waals surface area contributed by atoms with E-state index in [1.807, 2.05) is 13.8 Å². The van der Waals surface area contributed by atoms with E-state index >= 15 is 0 Å². The van der Waals surface area contributed by atoms with Crippen LogP contribution in [0.4, 0.5) is 0 Å². The van der Waals surface area contributed by atoms with Crippen molar-refractivity contribution in [1.29, 1.82) is 0 Å². The Kier molecular flexibility index (Phi) is 7.96. The predicted molar refractivity (Wildman–Crippen MR) is 68.2 cm³/mol. The summed E-state index contributed by atoms with van der Waals surface area (Å²) < 4.78 is 5.15. The number of rotatable bonds is 8. The fourth-order valence-electron chi connectivity index (χ4n) is 1.42. The van der Waals surface area contributed by atoms with E-state index in [-0.39, 0.29) is 11.9 Å². The summed E-state index contributed by atoms with van der Waals surface area (Å²) in [5.74, 6) is 0.521. The molecule has 0 saturated heterocycles. The van der Waals surface area contributed by atoms with Crippen molar-refractivity contribution < 1.29 is 9.53 Å². The van der Waals surface area contributed by atoms with Gasteiger partial charge in [-0.1, -0.05) is 32.8 Å². The molecule has 0 spiro atoms. The van der Waals surface area contributed by atoms with Gasteiger partial charge in [-0.2, -0.15) is 0 Å². The van der Waals surface area contributed by atoms with Gasteiger partial charge in [0.25, 0.3) is 0 Å². The Labute approximate surface area is 100 Å². The highest BCUT2D eigenvalue weighted by molar-refractivity contribution is 5.71. The van der Waals surface area contributed by atoms with E-state index in [4.69, 9.17) is 4.74 Å². The third-order valence-corrected chi connectivity index (χ3v) is 2.63. The third kappa shape index (κ3) is 8.51. The minimum atomic E-state index is -0.0888. The van der Waals surface area contributed by atoms with Gasteiger partial charge in [-0.05, 0) is 32.1 Å². The van der Waals surface area contributed by atoms with Gasteiger partial charge in [0, 0.05) is 0 Å². The monoisotopic (exact) mass is 226 g/mol. The van der Waals surface area contributed by atoms with Crippen LogP contribution in [0, 0.1) is 11.8 Å². The summed E-state index contributed by atoms with van der Waals surface area (Å²) in [7, 11) is 0. The second-order valence-corrected chi connectivity index (χ2v) is 5.07. The zero-order chi connectivity index (χ0) is 12.6. The van der Waals surface area contributed by atoms with E-state index in [9.17, 15) is 4.79 Å². The number of esters is 1. The summed E-state index contributed by atoms with van der Waals surface area (Å²) in [5, 5.41) is 0. The van der Waals surface area contributed by atoms with Gasteiger partial charge in [0.2, 0.25) is 0 Å². The molecule has 0 aliphatic carbocycles. The summed E-state index contributed by atoms with van der Waals surface area (Å²) >= 11 is 0. The van der Waals surface area contributed by atoms with E-state index in [2.05, 4.69) is 20.4 Å². The number of hydrogen-bond acceptors (Lipinski definition) is 2. The zero-order valence-corrected chi connectivity index (χ0v) is 11.2. The first-order chi connectivity index (χ1) is 7.43. The Morgan fingerprint density at radius 1 is 1.25 bits per heavy atom. The molecule has 0 radical (unpaired) electrons.